The largest absolute Gasteiger partial charge is 0.362 e. The van der Waals surface area contributed by atoms with Gasteiger partial charge < -0.3 is 10.6 Å². The summed E-state index contributed by atoms with van der Waals surface area (Å²) in [6.07, 6.45) is 18.8. The van der Waals surface area contributed by atoms with Gasteiger partial charge in [0.1, 0.15) is 5.82 Å². The molecule has 0 saturated heterocycles. The molecule has 1 aliphatic heterocycles. The molecular formula is C31H39N3O3S. The highest BCUT2D eigenvalue weighted by Crippen LogP contribution is 2.48. The number of hydrogen-bond donors (Lipinski definition) is 2. The number of carbonyl (C=O) groups is 1. The number of anilines is 1. The van der Waals surface area contributed by atoms with Crippen LogP contribution in [0, 0.1) is 25.2 Å². The number of rotatable bonds is 8. The first-order valence-corrected chi connectivity index (χ1v) is 15.3. The van der Waals surface area contributed by atoms with Crippen molar-refractivity contribution in [2.75, 3.05) is 17.6 Å². The highest BCUT2D eigenvalue weighted by atomic mass is 32.2. The fraction of sp³-hybridized carbons (Fsp3) is 0.484. The topological polar surface area (TPSA) is 88.2 Å². The standard InChI is InChI=1S/C31H39N3O3S/c1-6-8-14-24(38(36,37)7-2)16-21(4)25-17-26(31(35)33-19-23-12-10-9-11-13-23)22(5)29-28(25)27-15-20(3)18-32-30(27)34-29/h1,14-18,23,28-29H,7-13,19H2,2-5H3,(H,32,34)(H,33,35)/b21-16+,24-14+. The van der Waals surface area contributed by atoms with Crippen LogP contribution in [-0.2, 0) is 14.6 Å². The third-order valence-electron chi connectivity index (χ3n) is 8.04. The SMILES string of the molecule is C#CC/C=C(\C=C(/C)C1=CC(C(=O)NCC2CCCCC2)=C(C)C2Nc3ncc(C)cc3C12)S(=O)(=O)CC. The molecule has 0 aromatic carbocycles. The number of aryl methyl sites for hydroxylation is 1. The maximum absolute atomic E-state index is 13.5. The third kappa shape index (κ3) is 5.81. The summed E-state index contributed by atoms with van der Waals surface area (Å²) in [5, 5.41) is 6.73. The summed E-state index contributed by atoms with van der Waals surface area (Å²) in [7, 11) is -3.47. The zero-order valence-corrected chi connectivity index (χ0v) is 23.7. The van der Waals surface area contributed by atoms with Gasteiger partial charge in [0.25, 0.3) is 5.91 Å². The average molecular weight is 534 g/mol. The molecule has 2 unspecified atom stereocenters. The smallest absolute Gasteiger partial charge is 0.251 e. The number of hydrogen-bond acceptors (Lipinski definition) is 5. The first-order chi connectivity index (χ1) is 18.2. The van der Waals surface area contributed by atoms with Crippen molar-refractivity contribution in [3.8, 4) is 12.3 Å². The second-order valence-corrected chi connectivity index (χ2v) is 13.0. The highest BCUT2D eigenvalue weighted by Gasteiger charge is 2.41. The number of pyridine rings is 1. The van der Waals surface area contributed by atoms with Gasteiger partial charge in [-0.3, -0.25) is 4.79 Å². The van der Waals surface area contributed by atoms with E-state index in [1.54, 1.807) is 19.1 Å². The molecule has 6 nitrogen and oxygen atoms in total. The molecule has 3 aliphatic rings. The molecular weight excluding hydrogens is 494 g/mol. The molecule has 2 heterocycles. The molecule has 38 heavy (non-hydrogen) atoms. The summed E-state index contributed by atoms with van der Waals surface area (Å²) in [5.41, 5.74) is 5.42. The minimum atomic E-state index is -3.47. The van der Waals surface area contributed by atoms with Crippen molar-refractivity contribution in [1.29, 1.82) is 0 Å². The summed E-state index contributed by atoms with van der Waals surface area (Å²) < 4.78 is 25.7. The van der Waals surface area contributed by atoms with Crippen LogP contribution in [0.25, 0.3) is 0 Å². The number of fused-ring (bicyclic) bond motifs is 3. The molecule has 2 aliphatic carbocycles. The van der Waals surface area contributed by atoms with Gasteiger partial charge in [-0.2, -0.15) is 0 Å². The fourth-order valence-corrected chi connectivity index (χ4v) is 6.84. The molecule has 1 aromatic heterocycles. The Hall–Kier alpha value is -3.11. The summed E-state index contributed by atoms with van der Waals surface area (Å²) in [6.45, 7) is 8.24. The van der Waals surface area contributed by atoms with E-state index < -0.39 is 9.84 Å². The molecule has 1 fully saturated rings. The van der Waals surface area contributed by atoms with Crippen molar-refractivity contribution in [1.82, 2.24) is 10.3 Å². The van der Waals surface area contributed by atoms with E-state index in [0.717, 1.165) is 46.5 Å². The van der Waals surface area contributed by atoms with Gasteiger partial charge >= 0.3 is 0 Å². The maximum Gasteiger partial charge on any atom is 0.251 e. The molecule has 2 atom stereocenters. The monoisotopic (exact) mass is 533 g/mol. The van der Waals surface area contributed by atoms with Crippen LogP contribution in [0.5, 0.6) is 0 Å². The van der Waals surface area contributed by atoms with Crippen molar-refractivity contribution in [3.05, 3.63) is 68.8 Å². The fourth-order valence-electron chi connectivity index (χ4n) is 5.82. The van der Waals surface area contributed by atoms with Gasteiger partial charge in [0.15, 0.2) is 9.84 Å². The van der Waals surface area contributed by atoms with Crippen LogP contribution in [0.1, 0.15) is 76.3 Å². The van der Waals surface area contributed by atoms with Crippen LogP contribution in [0.2, 0.25) is 0 Å². The van der Waals surface area contributed by atoms with Gasteiger partial charge in [-0.1, -0.05) is 38.3 Å². The Balaban J connectivity index is 1.75. The van der Waals surface area contributed by atoms with Crippen molar-refractivity contribution >= 4 is 21.6 Å². The second kappa shape index (κ2) is 11.7. The number of allylic oxidation sites excluding steroid dienone is 3. The molecule has 0 radical (unpaired) electrons. The minimum Gasteiger partial charge on any atom is -0.362 e. The Bertz CT molecular complexity index is 1370. The van der Waals surface area contributed by atoms with Crippen LogP contribution >= 0.6 is 0 Å². The van der Waals surface area contributed by atoms with E-state index >= 15 is 0 Å². The molecule has 0 spiro atoms. The number of sulfone groups is 1. The summed E-state index contributed by atoms with van der Waals surface area (Å²) >= 11 is 0. The van der Waals surface area contributed by atoms with Gasteiger partial charge in [-0.25, -0.2) is 13.4 Å². The zero-order valence-electron chi connectivity index (χ0n) is 22.9. The minimum absolute atomic E-state index is 0.0143. The number of carbonyl (C=O) groups excluding carboxylic acids is 1. The molecule has 0 bridgehead atoms. The normalized spacial score (nSPS) is 22.2. The molecule has 2 N–H and O–H groups in total. The summed E-state index contributed by atoms with van der Waals surface area (Å²) in [4.78, 5) is 18.3. The third-order valence-corrected chi connectivity index (χ3v) is 9.80. The van der Waals surface area contributed by atoms with Crippen molar-refractivity contribution in [2.45, 2.75) is 78.2 Å². The zero-order chi connectivity index (χ0) is 27.4. The lowest BCUT2D eigenvalue weighted by Gasteiger charge is -2.31. The number of aromatic nitrogens is 1. The predicted octanol–water partition coefficient (Wildman–Crippen LogP) is 5.51. The van der Waals surface area contributed by atoms with Crippen molar-refractivity contribution < 1.29 is 13.2 Å². The first-order valence-electron chi connectivity index (χ1n) is 13.6. The van der Waals surface area contributed by atoms with E-state index in [4.69, 9.17) is 6.42 Å². The van der Waals surface area contributed by atoms with Crippen LogP contribution in [0.15, 0.2) is 57.7 Å². The van der Waals surface area contributed by atoms with E-state index in [1.807, 2.05) is 33.0 Å². The van der Waals surface area contributed by atoms with E-state index in [0.29, 0.717) is 18.0 Å². The second-order valence-electron chi connectivity index (χ2n) is 10.7. The highest BCUT2D eigenvalue weighted by molar-refractivity contribution is 7.95. The molecule has 1 aromatic rings. The molecule has 7 heteroatoms. The summed E-state index contributed by atoms with van der Waals surface area (Å²) in [5.74, 6) is 3.66. The summed E-state index contributed by atoms with van der Waals surface area (Å²) in [6, 6.07) is 1.99. The van der Waals surface area contributed by atoms with Crippen LogP contribution in [-0.4, -0.2) is 37.6 Å². The van der Waals surface area contributed by atoms with Crippen LogP contribution in [0.3, 0.4) is 0 Å². The molecule has 4 rings (SSSR count). The van der Waals surface area contributed by atoms with E-state index in [-0.39, 0.29) is 34.9 Å². The van der Waals surface area contributed by atoms with Crippen molar-refractivity contribution in [2.24, 2.45) is 5.92 Å². The van der Waals surface area contributed by atoms with E-state index in [2.05, 4.69) is 27.6 Å². The molecule has 202 valence electrons. The Labute approximate surface area is 227 Å². The van der Waals surface area contributed by atoms with Gasteiger partial charge in [-0.05, 0) is 74.0 Å². The van der Waals surface area contributed by atoms with E-state index in [9.17, 15) is 13.2 Å². The number of nitrogens with zero attached hydrogens (tertiary/aromatic N) is 1. The lowest BCUT2D eigenvalue weighted by Crippen LogP contribution is -2.35. The number of amides is 1. The van der Waals surface area contributed by atoms with Gasteiger partial charge in [-0.15, -0.1) is 12.3 Å². The quantitative estimate of drug-likeness (QED) is 0.340. The van der Waals surface area contributed by atoms with Crippen molar-refractivity contribution in [3.63, 3.8) is 0 Å². The van der Waals surface area contributed by atoms with Crippen LogP contribution in [0.4, 0.5) is 5.82 Å². The number of nitrogens with one attached hydrogen (secondary N) is 2. The predicted molar refractivity (Wildman–Crippen MR) is 154 cm³/mol. The molecule has 1 amide bonds. The lowest BCUT2D eigenvalue weighted by atomic mass is 9.75. The Morgan fingerprint density at radius 3 is 2.68 bits per heavy atom. The average Bonchev–Trinajstić information content (AvgIpc) is 3.29. The lowest BCUT2D eigenvalue weighted by molar-refractivity contribution is -0.117. The first kappa shape index (κ1) is 27.9. The molecule has 1 saturated carbocycles. The number of terminal acetylenes is 1. The Kier molecular flexibility index (Phi) is 8.62. The Morgan fingerprint density at radius 2 is 2.00 bits per heavy atom. The Morgan fingerprint density at radius 1 is 1.26 bits per heavy atom. The van der Waals surface area contributed by atoms with Gasteiger partial charge in [0.2, 0.25) is 0 Å². The van der Waals surface area contributed by atoms with Gasteiger partial charge in [0, 0.05) is 36.2 Å². The van der Waals surface area contributed by atoms with Gasteiger partial charge in [0.05, 0.1) is 16.7 Å². The maximum atomic E-state index is 13.5. The van der Waals surface area contributed by atoms with E-state index in [1.165, 1.54) is 19.3 Å². The van der Waals surface area contributed by atoms with Crippen LogP contribution < -0.4 is 10.6 Å².